The predicted octanol–water partition coefficient (Wildman–Crippen LogP) is 3.74. The fourth-order valence-electron chi connectivity index (χ4n) is 2.56. The van der Waals surface area contributed by atoms with Gasteiger partial charge in [-0.25, -0.2) is 0 Å². The molecule has 0 saturated heterocycles. The van der Waals surface area contributed by atoms with Gasteiger partial charge in [-0.3, -0.25) is 4.79 Å². The van der Waals surface area contributed by atoms with Crippen molar-refractivity contribution in [2.24, 2.45) is 0 Å². The van der Waals surface area contributed by atoms with E-state index in [1.54, 1.807) is 24.3 Å². The molecular formula is C23H26ClNO5. The number of carbonyl (C=O) groups is 1. The molecule has 30 heavy (non-hydrogen) atoms. The first-order valence-electron chi connectivity index (χ1n) is 9.59. The molecule has 0 aromatic heterocycles. The van der Waals surface area contributed by atoms with Gasteiger partial charge in [0.2, 0.25) is 0 Å². The zero-order valence-electron chi connectivity index (χ0n) is 17.2. The van der Waals surface area contributed by atoms with Crippen molar-refractivity contribution in [1.82, 2.24) is 5.32 Å². The lowest BCUT2D eigenvalue weighted by Crippen LogP contribution is -2.32. The summed E-state index contributed by atoms with van der Waals surface area (Å²) in [5.41, 5.74) is 1.79. The number of methoxy groups -OCH3 is 1. The van der Waals surface area contributed by atoms with E-state index in [2.05, 4.69) is 22.1 Å². The molecule has 0 heterocycles. The van der Waals surface area contributed by atoms with Crippen LogP contribution in [0, 0.1) is 12.0 Å². The van der Waals surface area contributed by atoms with Gasteiger partial charge in [0.15, 0.2) is 12.7 Å². The third-order valence-corrected chi connectivity index (χ3v) is 4.31. The highest BCUT2D eigenvalue weighted by atomic mass is 35.5. The molecule has 0 bridgehead atoms. The average molecular weight is 432 g/mol. The van der Waals surface area contributed by atoms with E-state index in [4.69, 9.17) is 25.8 Å². The Bertz CT molecular complexity index is 827. The third kappa shape index (κ3) is 8.34. The standard InChI is InChI=1S/C23H26ClNO5/c1-3-28-17-30-22(19-7-9-20(24)10-8-19)23(26)25-14-13-18-5-11-21(12-6-18)29-16-4-15-27-2/h5-12,22H,3,13-14,16-17H2,1-2H3,(H,25,26). The van der Waals surface area contributed by atoms with E-state index in [0.29, 0.717) is 24.6 Å². The van der Waals surface area contributed by atoms with Gasteiger partial charge in [0, 0.05) is 18.2 Å². The van der Waals surface area contributed by atoms with E-state index in [1.165, 1.54) is 7.11 Å². The summed E-state index contributed by atoms with van der Waals surface area (Å²) in [6, 6.07) is 14.6. The number of carbonyl (C=O) groups excluding carboxylic acids is 1. The number of nitrogens with one attached hydrogen (secondary N) is 1. The average Bonchev–Trinajstić information content (AvgIpc) is 2.76. The van der Waals surface area contributed by atoms with Crippen molar-refractivity contribution in [2.45, 2.75) is 19.4 Å². The van der Waals surface area contributed by atoms with Gasteiger partial charge >= 0.3 is 0 Å². The van der Waals surface area contributed by atoms with Gasteiger partial charge in [-0.1, -0.05) is 35.9 Å². The van der Waals surface area contributed by atoms with Crippen molar-refractivity contribution in [3.63, 3.8) is 0 Å². The number of benzene rings is 2. The van der Waals surface area contributed by atoms with Gasteiger partial charge < -0.3 is 24.3 Å². The minimum absolute atomic E-state index is 0.0352. The first kappa shape index (κ1) is 23.6. The zero-order valence-corrected chi connectivity index (χ0v) is 17.9. The number of amides is 1. The second-order valence-electron chi connectivity index (χ2n) is 6.17. The summed E-state index contributed by atoms with van der Waals surface area (Å²) in [7, 11) is 1.50. The minimum atomic E-state index is -0.766. The van der Waals surface area contributed by atoms with Crippen LogP contribution in [-0.4, -0.2) is 39.6 Å². The van der Waals surface area contributed by atoms with E-state index >= 15 is 0 Å². The number of hydrogen-bond acceptors (Lipinski definition) is 5. The lowest BCUT2D eigenvalue weighted by atomic mass is 10.1. The molecule has 1 unspecified atom stereocenters. The largest absolute Gasteiger partial charge is 0.481 e. The maximum Gasteiger partial charge on any atom is 0.253 e. The number of hydrogen-bond donors (Lipinski definition) is 1. The van der Waals surface area contributed by atoms with E-state index in [0.717, 1.165) is 16.9 Å². The van der Waals surface area contributed by atoms with Gasteiger partial charge in [-0.2, -0.15) is 0 Å². The van der Waals surface area contributed by atoms with Gasteiger partial charge in [0.05, 0.1) is 7.11 Å². The van der Waals surface area contributed by atoms with Gasteiger partial charge in [0.1, 0.15) is 18.6 Å². The molecule has 0 fully saturated rings. The molecule has 0 aliphatic rings. The molecule has 0 aliphatic heterocycles. The number of rotatable bonds is 11. The highest BCUT2D eigenvalue weighted by Gasteiger charge is 2.21. The predicted molar refractivity (Wildman–Crippen MR) is 115 cm³/mol. The molecule has 2 aromatic rings. The van der Waals surface area contributed by atoms with Gasteiger partial charge in [-0.15, -0.1) is 0 Å². The fraction of sp³-hybridized carbons (Fsp3) is 0.348. The summed E-state index contributed by atoms with van der Waals surface area (Å²) >= 11 is 5.94. The van der Waals surface area contributed by atoms with Crippen LogP contribution in [0.5, 0.6) is 5.75 Å². The molecule has 2 aromatic carbocycles. The van der Waals surface area contributed by atoms with Gasteiger partial charge in [0.25, 0.3) is 5.91 Å². The highest BCUT2D eigenvalue weighted by Crippen LogP contribution is 2.20. The molecule has 0 aliphatic carbocycles. The summed E-state index contributed by atoms with van der Waals surface area (Å²) in [5.74, 6) is 3.21. The maximum absolute atomic E-state index is 12.7. The van der Waals surface area contributed by atoms with Crippen molar-refractivity contribution in [2.75, 3.05) is 33.7 Å². The van der Waals surface area contributed by atoms with E-state index in [1.807, 2.05) is 31.2 Å². The Balaban J connectivity index is 1.86. The van der Waals surface area contributed by atoms with E-state index in [9.17, 15) is 4.79 Å². The quantitative estimate of drug-likeness (QED) is 0.333. The molecule has 7 heteroatoms. The lowest BCUT2D eigenvalue weighted by Gasteiger charge is -2.18. The Morgan fingerprint density at radius 1 is 1.13 bits per heavy atom. The number of ether oxygens (including phenoxy) is 4. The molecule has 2 rings (SSSR count). The molecule has 1 atom stereocenters. The van der Waals surface area contributed by atoms with Crippen molar-refractivity contribution in [3.05, 3.63) is 64.7 Å². The number of halogens is 1. The molecule has 0 radical (unpaired) electrons. The first-order chi connectivity index (χ1) is 14.6. The van der Waals surface area contributed by atoms with Crippen molar-refractivity contribution < 1.29 is 23.7 Å². The summed E-state index contributed by atoms with van der Waals surface area (Å²) in [5, 5.41) is 3.52. The summed E-state index contributed by atoms with van der Waals surface area (Å²) < 4.78 is 21.0. The van der Waals surface area contributed by atoms with E-state index in [-0.39, 0.29) is 19.3 Å². The van der Waals surface area contributed by atoms with Crippen LogP contribution in [-0.2, 0) is 25.4 Å². The van der Waals surface area contributed by atoms with Crippen LogP contribution in [0.1, 0.15) is 24.2 Å². The Labute approximate surface area is 182 Å². The Morgan fingerprint density at radius 3 is 2.53 bits per heavy atom. The summed E-state index contributed by atoms with van der Waals surface area (Å²) in [4.78, 5) is 12.7. The summed E-state index contributed by atoms with van der Waals surface area (Å²) in [6.07, 6.45) is 2.38. The molecular weight excluding hydrogens is 406 g/mol. The van der Waals surface area contributed by atoms with Crippen LogP contribution in [0.2, 0.25) is 5.02 Å². The Hall–Kier alpha value is -2.72. The fourth-order valence-corrected chi connectivity index (χ4v) is 2.68. The third-order valence-electron chi connectivity index (χ3n) is 4.05. The van der Waals surface area contributed by atoms with Crippen LogP contribution < -0.4 is 10.1 Å². The van der Waals surface area contributed by atoms with Crippen LogP contribution in [0.3, 0.4) is 0 Å². The van der Waals surface area contributed by atoms with Crippen LogP contribution in [0.15, 0.2) is 48.5 Å². The highest BCUT2D eigenvalue weighted by molar-refractivity contribution is 6.30. The Morgan fingerprint density at radius 2 is 1.87 bits per heavy atom. The second-order valence-corrected chi connectivity index (χ2v) is 6.60. The maximum atomic E-state index is 12.7. The monoisotopic (exact) mass is 431 g/mol. The molecule has 0 spiro atoms. The first-order valence-corrected chi connectivity index (χ1v) is 9.97. The molecule has 1 N–H and O–H groups in total. The molecule has 6 nitrogen and oxygen atoms in total. The molecule has 160 valence electrons. The topological polar surface area (TPSA) is 66.0 Å². The smallest absolute Gasteiger partial charge is 0.253 e. The molecule has 0 saturated carbocycles. The SMILES string of the molecule is CCOCOC(C(=O)NCCc1ccc(OCC#COC)cc1)c1ccc(Cl)cc1. The van der Waals surface area contributed by atoms with Crippen molar-refractivity contribution in [3.8, 4) is 17.8 Å². The minimum Gasteiger partial charge on any atom is -0.481 e. The zero-order chi connectivity index (χ0) is 21.6. The molecule has 1 amide bonds. The van der Waals surface area contributed by atoms with Gasteiger partial charge in [-0.05, 0) is 54.7 Å². The van der Waals surface area contributed by atoms with E-state index < -0.39 is 6.10 Å². The van der Waals surface area contributed by atoms with Crippen molar-refractivity contribution >= 4 is 17.5 Å². The lowest BCUT2D eigenvalue weighted by molar-refractivity contribution is -0.144. The summed E-state index contributed by atoms with van der Waals surface area (Å²) in [6.45, 7) is 3.14. The van der Waals surface area contributed by atoms with Crippen LogP contribution in [0.4, 0.5) is 0 Å². The van der Waals surface area contributed by atoms with Crippen molar-refractivity contribution in [1.29, 1.82) is 0 Å². The Kier molecular flexibility index (Phi) is 10.6. The van der Waals surface area contributed by atoms with Crippen LogP contribution in [0.25, 0.3) is 0 Å². The second kappa shape index (κ2) is 13.5. The van der Waals surface area contributed by atoms with Crippen LogP contribution >= 0.6 is 11.6 Å². The normalized spacial score (nSPS) is 11.2.